The van der Waals surface area contributed by atoms with Crippen LogP contribution in [0.1, 0.15) is 52.4 Å². The highest BCUT2D eigenvalue weighted by Crippen LogP contribution is 2.28. The predicted molar refractivity (Wildman–Crippen MR) is 77.4 cm³/mol. The Balaban J connectivity index is 2.00. The number of ether oxygens (including phenoxy) is 1. The summed E-state index contributed by atoms with van der Waals surface area (Å²) in [5.74, 6) is 1.01. The van der Waals surface area contributed by atoms with Crippen LogP contribution in [0.4, 0.5) is 0 Å². The maximum atomic E-state index is 12.7. The van der Waals surface area contributed by atoms with Crippen molar-refractivity contribution in [3.8, 4) is 0 Å². The molecule has 0 bridgehead atoms. The number of hydrogen-bond donors (Lipinski definition) is 0. The molecule has 2 fully saturated rings. The van der Waals surface area contributed by atoms with Crippen LogP contribution in [0.25, 0.3) is 0 Å². The number of nitrogens with zero attached hydrogens (tertiary/aromatic N) is 1. The first kappa shape index (κ1) is 15.1. The second kappa shape index (κ2) is 6.45. The smallest absolute Gasteiger partial charge is 0.225 e. The third kappa shape index (κ3) is 4.09. The molecule has 19 heavy (non-hydrogen) atoms. The fraction of sp³-hybridized carbons (Fsp3) is 0.933. The van der Waals surface area contributed by atoms with Crippen LogP contribution in [-0.2, 0) is 9.53 Å². The highest BCUT2D eigenvalue weighted by molar-refractivity contribution is 6.18. The molecule has 0 aromatic heterocycles. The molecule has 1 saturated carbocycles. The van der Waals surface area contributed by atoms with E-state index in [0.717, 1.165) is 12.8 Å². The number of amides is 1. The van der Waals surface area contributed by atoms with E-state index in [1.165, 1.54) is 25.7 Å². The van der Waals surface area contributed by atoms with Crippen LogP contribution in [0, 0.1) is 5.92 Å². The van der Waals surface area contributed by atoms with Crippen LogP contribution in [0.15, 0.2) is 0 Å². The Hall–Kier alpha value is -0.280. The van der Waals surface area contributed by atoms with Gasteiger partial charge in [-0.1, -0.05) is 25.7 Å². The van der Waals surface area contributed by atoms with Gasteiger partial charge in [0.1, 0.15) is 0 Å². The van der Waals surface area contributed by atoms with Crippen molar-refractivity contribution in [2.75, 3.05) is 19.0 Å². The van der Waals surface area contributed by atoms with Crippen molar-refractivity contribution in [2.45, 2.75) is 64.1 Å². The average molecular weight is 288 g/mol. The Morgan fingerprint density at radius 1 is 1.26 bits per heavy atom. The molecule has 1 aliphatic carbocycles. The van der Waals surface area contributed by atoms with E-state index in [1.54, 1.807) is 0 Å². The second-order valence-corrected chi connectivity index (χ2v) is 6.87. The summed E-state index contributed by atoms with van der Waals surface area (Å²) in [5.41, 5.74) is -0.280. The lowest BCUT2D eigenvalue weighted by atomic mass is 9.96. The molecule has 110 valence electrons. The summed E-state index contributed by atoms with van der Waals surface area (Å²) in [6.07, 6.45) is 7.04. The molecule has 0 aromatic carbocycles. The summed E-state index contributed by atoms with van der Waals surface area (Å²) in [7, 11) is 0. The SMILES string of the molecule is CC1(C)CN(C(=O)C2CCCCCC2)CC(CCl)O1. The molecule has 0 N–H and O–H groups in total. The fourth-order valence-electron chi connectivity index (χ4n) is 3.33. The lowest BCUT2D eigenvalue weighted by Gasteiger charge is -2.43. The first-order valence-corrected chi connectivity index (χ1v) is 8.08. The van der Waals surface area contributed by atoms with E-state index in [9.17, 15) is 4.79 Å². The summed E-state index contributed by atoms with van der Waals surface area (Å²) in [5, 5.41) is 0. The van der Waals surface area contributed by atoms with Gasteiger partial charge in [0.15, 0.2) is 0 Å². The molecule has 0 spiro atoms. The second-order valence-electron chi connectivity index (χ2n) is 6.56. The third-order valence-electron chi connectivity index (χ3n) is 4.17. The van der Waals surface area contributed by atoms with Gasteiger partial charge in [-0.15, -0.1) is 11.6 Å². The van der Waals surface area contributed by atoms with Gasteiger partial charge in [-0.3, -0.25) is 4.79 Å². The maximum absolute atomic E-state index is 12.7. The van der Waals surface area contributed by atoms with Gasteiger partial charge in [0.2, 0.25) is 5.91 Å². The minimum atomic E-state index is -0.280. The summed E-state index contributed by atoms with van der Waals surface area (Å²) in [6, 6.07) is 0. The summed E-state index contributed by atoms with van der Waals surface area (Å²) < 4.78 is 5.89. The molecule has 1 saturated heterocycles. The van der Waals surface area contributed by atoms with E-state index in [2.05, 4.69) is 0 Å². The molecule has 1 heterocycles. The predicted octanol–water partition coefficient (Wildman–Crippen LogP) is 3.20. The van der Waals surface area contributed by atoms with Crippen LogP contribution >= 0.6 is 11.6 Å². The fourth-order valence-corrected chi connectivity index (χ4v) is 3.49. The first-order valence-electron chi connectivity index (χ1n) is 7.54. The zero-order valence-electron chi connectivity index (χ0n) is 12.2. The highest BCUT2D eigenvalue weighted by atomic mass is 35.5. The van der Waals surface area contributed by atoms with Gasteiger partial charge in [-0.25, -0.2) is 0 Å². The molecule has 1 atom stereocenters. The standard InChI is InChI=1S/C15H26ClNO2/c1-15(2)11-17(10-13(9-16)19-15)14(18)12-7-5-3-4-6-8-12/h12-13H,3-11H2,1-2H3. The normalized spacial score (nSPS) is 29.0. The van der Waals surface area contributed by atoms with Crippen LogP contribution in [0.5, 0.6) is 0 Å². The third-order valence-corrected chi connectivity index (χ3v) is 4.51. The topological polar surface area (TPSA) is 29.5 Å². The molecule has 1 aliphatic heterocycles. The number of morpholine rings is 1. The summed E-state index contributed by atoms with van der Waals surface area (Å²) in [4.78, 5) is 14.7. The molecule has 0 aromatic rings. The largest absolute Gasteiger partial charge is 0.367 e. The van der Waals surface area contributed by atoms with Gasteiger partial charge in [0.05, 0.1) is 17.6 Å². The van der Waals surface area contributed by atoms with Crippen molar-refractivity contribution in [2.24, 2.45) is 5.92 Å². The van der Waals surface area contributed by atoms with Gasteiger partial charge in [0.25, 0.3) is 0 Å². The van der Waals surface area contributed by atoms with Crippen molar-refractivity contribution in [1.29, 1.82) is 0 Å². The lowest BCUT2D eigenvalue weighted by molar-refractivity contribution is -0.161. The lowest BCUT2D eigenvalue weighted by Crippen LogP contribution is -2.56. The minimum Gasteiger partial charge on any atom is -0.367 e. The van der Waals surface area contributed by atoms with E-state index in [-0.39, 0.29) is 17.6 Å². The van der Waals surface area contributed by atoms with E-state index in [4.69, 9.17) is 16.3 Å². The molecule has 2 aliphatic rings. The number of carbonyl (C=O) groups excluding carboxylic acids is 1. The molecular formula is C15H26ClNO2. The number of hydrogen-bond acceptors (Lipinski definition) is 2. The highest BCUT2D eigenvalue weighted by Gasteiger charge is 2.37. The van der Waals surface area contributed by atoms with Gasteiger partial charge < -0.3 is 9.64 Å². The Bertz CT molecular complexity index is 311. The van der Waals surface area contributed by atoms with Crippen molar-refractivity contribution in [3.63, 3.8) is 0 Å². The van der Waals surface area contributed by atoms with Gasteiger partial charge in [-0.2, -0.15) is 0 Å². The van der Waals surface area contributed by atoms with Crippen LogP contribution in [-0.4, -0.2) is 41.5 Å². The molecule has 1 unspecified atom stereocenters. The van der Waals surface area contributed by atoms with Gasteiger partial charge >= 0.3 is 0 Å². The number of carbonyl (C=O) groups is 1. The van der Waals surface area contributed by atoms with Crippen LogP contribution in [0.3, 0.4) is 0 Å². The Morgan fingerprint density at radius 2 is 1.89 bits per heavy atom. The van der Waals surface area contributed by atoms with Crippen molar-refractivity contribution in [3.05, 3.63) is 0 Å². The molecule has 2 rings (SSSR count). The quantitative estimate of drug-likeness (QED) is 0.577. The number of rotatable bonds is 2. The Kier molecular flexibility index (Phi) is 5.13. The molecular weight excluding hydrogens is 262 g/mol. The van der Waals surface area contributed by atoms with Gasteiger partial charge in [0, 0.05) is 19.0 Å². The monoisotopic (exact) mass is 287 g/mol. The Morgan fingerprint density at radius 3 is 2.47 bits per heavy atom. The Labute approximate surface area is 121 Å². The van der Waals surface area contributed by atoms with E-state index in [1.807, 2.05) is 18.7 Å². The van der Waals surface area contributed by atoms with Crippen molar-refractivity contribution >= 4 is 17.5 Å². The zero-order valence-corrected chi connectivity index (χ0v) is 12.9. The van der Waals surface area contributed by atoms with Crippen LogP contribution < -0.4 is 0 Å². The molecule has 4 heteroatoms. The molecule has 3 nitrogen and oxygen atoms in total. The zero-order chi connectivity index (χ0) is 13.9. The first-order chi connectivity index (χ1) is 9.02. The summed E-state index contributed by atoms with van der Waals surface area (Å²) >= 11 is 5.93. The molecule has 0 radical (unpaired) electrons. The maximum Gasteiger partial charge on any atom is 0.225 e. The van der Waals surface area contributed by atoms with Gasteiger partial charge in [-0.05, 0) is 26.7 Å². The minimum absolute atomic E-state index is 0.0276. The van der Waals surface area contributed by atoms with Crippen LogP contribution in [0.2, 0.25) is 0 Å². The van der Waals surface area contributed by atoms with E-state index >= 15 is 0 Å². The summed E-state index contributed by atoms with van der Waals surface area (Å²) in [6.45, 7) is 5.43. The number of halogens is 1. The van der Waals surface area contributed by atoms with Crippen molar-refractivity contribution in [1.82, 2.24) is 4.90 Å². The van der Waals surface area contributed by atoms with E-state index in [0.29, 0.717) is 24.9 Å². The van der Waals surface area contributed by atoms with Crippen molar-refractivity contribution < 1.29 is 9.53 Å². The average Bonchev–Trinajstić information content (AvgIpc) is 2.64. The van der Waals surface area contributed by atoms with E-state index < -0.39 is 0 Å². The molecule has 1 amide bonds. The number of alkyl halides is 1.